The molecule has 0 aromatic carbocycles. The van der Waals surface area contributed by atoms with Crippen LogP contribution >= 0.6 is 11.6 Å². The molecule has 1 atom stereocenters. The van der Waals surface area contributed by atoms with E-state index in [1.54, 1.807) is 6.07 Å². The Morgan fingerprint density at radius 3 is 2.89 bits per heavy atom. The topological polar surface area (TPSA) is 61.3 Å². The molecule has 0 aliphatic carbocycles. The molecule has 1 saturated heterocycles. The molecule has 1 aromatic rings. The summed E-state index contributed by atoms with van der Waals surface area (Å²) in [7, 11) is 0. The van der Waals surface area contributed by atoms with Gasteiger partial charge in [0.15, 0.2) is 5.15 Å². The van der Waals surface area contributed by atoms with E-state index >= 15 is 0 Å². The number of hydrogen-bond acceptors (Lipinski definition) is 5. The molecule has 2 N–H and O–H groups in total. The van der Waals surface area contributed by atoms with Crippen molar-refractivity contribution in [2.24, 2.45) is 0 Å². The Morgan fingerprint density at radius 2 is 2.26 bits per heavy atom. The molecule has 0 bridgehead atoms. The molecule has 2 heterocycles. The van der Waals surface area contributed by atoms with Crippen LogP contribution in [0.4, 0.5) is 5.82 Å². The predicted octanol–water partition coefficient (Wildman–Crippen LogP) is 1.78. The molecule has 1 aliphatic rings. The van der Waals surface area contributed by atoms with Crippen LogP contribution in [0.25, 0.3) is 0 Å². The van der Waals surface area contributed by atoms with Gasteiger partial charge in [-0.15, -0.1) is 10.2 Å². The van der Waals surface area contributed by atoms with Gasteiger partial charge >= 0.3 is 0 Å². The Morgan fingerprint density at radius 1 is 1.47 bits per heavy atom. The average Bonchev–Trinajstić information content (AvgIpc) is 2.30. The van der Waals surface area contributed by atoms with E-state index in [0.717, 1.165) is 31.7 Å². The number of rotatable bonds is 4. The number of halogens is 1. The molecule has 1 aromatic heterocycles. The highest BCUT2D eigenvalue weighted by Gasteiger charge is 2.24. The van der Waals surface area contributed by atoms with Gasteiger partial charge in [-0.3, -0.25) is 4.90 Å². The largest absolute Gasteiger partial charge is 0.389 e. The lowest BCUT2D eigenvalue weighted by Gasteiger charge is -2.36. The minimum absolute atomic E-state index is 0.339. The fourth-order valence-corrected chi connectivity index (χ4v) is 2.57. The van der Waals surface area contributed by atoms with Crippen LogP contribution in [0, 0.1) is 0 Å². The van der Waals surface area contributed by atoms with Crippen LogP contribution in [0.15, 0.2) is 12.1 Å². The molecule has 106 valence electrons. The third kappa shape index (κ3) is 4.93. The van der Waals surface area contributed by atoms with Crippen LogP contribution < -0.4 is 5.32 Å². The van der Waals surface area contributed by atoms with Gasteiger partial charge in [-0.2, -0.15) is 0 Å². The zero-order valence-corrected chi connectivity index (χ0v) is 12.2. The van der Waals surface area contributed by atoms with Gasteiger partial charge in [0, 0.05) is 19.1 Å². The maximum Gasteiger partial charge on any atom is 0.151 e. The molecular weight excluding hydrogens is 264 g/mol. The van der Waals surface area contributed by atoms with Gasteiger partial charge in [0.2, 0.25) is 0 Å². The maximum absolute atomic E-state index is 9.88. The van der Waals surface area contributed by atoms with Gasteiger partial charge in [0.05, 0.1) is 5.60 Å². The van der Waals surface area contributed by atoms with Crippen molar-refractivity contribution in [3.05, 3.63) is 17.3 Å². The molecule has 0 amide bonds. The number of piperidine rings is 1. The fraction of sp³-hybridized carbons (Fsp3) is 0.692. The van der Waals surface area contributed by atoms with E-state index in [9.17, 15) is 5.11 Å². The number of aromatic nitrogens is 2. The minimum Gasteiger partial charge on any atom is -0.389 e. The van der Waals surface area contributed by atoms with E-state index in [4.69, 9.17) is 11.6 Å². The van der Waals surface area contributed by atoms with E-state index in [1.165, 1.54) is 0 Å². The fourth-order valence-electron chi connectivity index (χ4n) is 2.47. The molecule has 6 heteroatoms. The molecule has 0 spiro atoms. The quantitative estimate of drug-likeness (QED) is 0.882. The lowest BCUT2D eigenvalue weighted by Crippen LogP contribution is -2.47. The molecule has 2 rings (SSSR count). The average molecular weight is 285 g/mol. The number of hydrogen-bond donors (Lipinski definition) is 2. The van der Waals surface area contributed by atoms with Gasteiger partial charge in [0.1, 0.15) is 5.82 Å². The van der Waals surface area contributed by atoms with Crippen LogP contribution in [0.5, 0.6) is 0 Å². The van der Waals surface area contributed by atoms with E-state index < -0.39 is 5.60 Å². The van der Waals surface area contributed by atoms with Crippen LogP contribution in [0.3, 0.4) is 0 Å². The molecule has 0 radical (unpaired) electrons. The minimum atomic E-state index is -0.651. The highest BCUT2D eigenvalue weighted by molar-refractivity contribution is 6.29. The van der Waals surface area contributed by atoms with E-state index in [0.29, 0.717) is 17.7 Å². The van der Waals surface area contributed by atoms with Gasteiger partial charge < -0.3 is 10.4 Å². The molecule has 5 nitrogen and oxygen atoms in total. The van der Waals surface area contributed by atoms with Gasteiger partial charge in [-0.1, -0.05) is 11.6 Å². The molecule has 1 fully saturated rings. The van der Waals surface area contributed by atoms with E-state index in [2.05, 4.69) is 20.4 Å². The summed E-state index contributed by atoms with van der Waals surface area (Å²) in [5, 5.41) is 21.5. The smallest absolute Gasteiger partial charge is 0.151 e. The number of aliphatic hydroxyl groups is 1. The van der Waals surface area contributed by atoms with Gasteiger partial charge in [0.25, 0.3) is 0 Å². The van der Waals surface area contributed by atoms with Crippen molar-refractivity contribution in [3.8, 4) is 0 Å². The predicted molar refractivity (Wildman–Crippen MR) is 76.4 cm³/mol. The van der Waals surface area contributed by atoms with Crippen molar-refractivity contribution >= 4 is 17.4 Å². The van der Waals surface area contributed by atoms with Crippen LogP contribution in [0.2, 0.25) is 5.15 Å². The summed E-state index contributed by atoms with van der Waals surface area (Å²) < 4.78 is 0. The summed E-state index contributed by atoms with van der Waals surface area (Å²) in [6.45, 7) is 6.32. The number of anilines is 1. The Kier molecular flexibility index (Phi) is 4.60. The second kappa shape index (κ2) is 6.03. The number of nitrogens with zero attached hydrogens (tertiary/aromatic N) is 3. The van der Waals surface area contributed by atoms with Crippen molar-refractivity contribution in [2.45, 2.75) is 38.3 Å². The molecule has 0 unspecified atom stereocenters. The summed E-state index contributed by atoms with van der Waals surface area (Å²) in [4.78, 5) is 2.28. The van der Waals surface area contributed by atoms with Crippen molar-refractivity contribution in [1.29, 1.82) is 0 Å². The molecule has 1 aliphatic heterocycles. The second-order valence-corrected chi connectivity index (χ2v) is 6.16. The van der Waals surface area contributed by atoms with Crippen LogP contribution in [-0.2, 0) is 0 Å². The first-order valence-corrected chi connectivity index (χ1v) is 7.01. The Labute approximate surface area is 119 Å². The number of β-amino-alcohol motifs (C(OH)–C–C–N with tert-alkyl or cyclic N) is 1. The van der Waals surface area contributed by atoms with Crippen molar-refractivity contribution in [3.63, 3.8) is 0 Å². The summed E-state index contributed by atoms with van der Waals surface area (Å²) in [6.07, 6.45) is 2.22. The second-order valence-electron chi connectivity index (χ2n) is 5.77. The highest BCUT2D eigenvalue weighted by Crippen LogP contribution is 2.17. The zero-order chi connectivity index (χ0) is 13.9. The summed E-state index contributed by atoms with van der Waals surface area (Å²) in [5.74, 6) is 0.750. The van der Waals surface area contributed by atoms with E-state index in [1.807, 2.05) is 19.9 Å². The SMILES string of the molecule is CC(C)(O)CN1CCC[C@@H](Nc2ccc(Cl)nn2)C1. The first-order chi connectivity index (χ1) is 8.92. The van der Waals surface area contributed by atoms with Crippen LogP contribution in [-0.4, -0.2) is 51.5 Å². The number of nitrogens with one attached hydrogen (secondary N) is 1. The Bertz CT molecular complexity index is 404. The first kappa shape index (κ1) is 14.5. The third-order valence-electron chi connectivity index (χ3n) is 3.10. The standard InChI is InChI=1S/C13H21ClN4O/c1-13(2,19)9-18-7-3-4-10(8-18)15-12-6-5-11(14)16-17-12/h5-6,10,19H,3-4,7-9H2,1-2H3,(H,15,17)/t10-/m1/s1. The monoisotopic (exact) mass is 284 g/mol. The summed E-state index contributed by atoms with van der Waals surface area (Å²) >= 11 is 5.71. The lowest BCUT2D eigenvalue weighted by atomic mass is 10.0. The molecule has 19 heavy (non-hydrogen) atoms. The third-order valence-corrected chi connectivity index (χ3v) is 3.30. The van der Waals surface area contributed by atoms with Crippen molar-refractivity contribution in [1.82, 2.24) is 15.1 Å². The normalized spacial score (nSPS) is 21.4. The summed E-state index contributed by atoms with van der Waals surface area (Å²) in [6, 6.07) is 3.91. The van der Waals surface area contributed by atoms with Gasteiger partial charge in [-0.25, -0.2) is 0 Å². The maximum atomic E-state index is 9.88. The van der Waals surface area contributed by atoms with Gasteiger partial charge in [-0.05, 0) is 45.4 Å². The number of likely N-dealkylation sites (tertiary alicyclic amines) is 1. The van der Waals surface area contributed by atoms with Crippen molar-refractivity contribution < 1.29 is 5.11 Å². The lowest BCUT2D eigenvalue weighted by molar-refractivity contribution is 0.0286. The first-order valence-electron chi connectivity index (χ1n) is 6.63. The Balaban J connectivity index is 1.89. The highest BCUT2D eigenvalue weighted by atomic mass is 35.5. The van der Waals surface area contributed by atoms with Crippen LogP contribution in [0.1, 0.15) is 26.7 Å². The van der Waals surface area contributed by atoms with Crippen molar-refractivity contribution in [2.75, 3.05) is 25.0 Å². The molecule has 0 saturated carbocycles. The Hall–Kier alpha value is -0.910. The summed E-state index contributed by atoms with van der Waals surface area (Å²) in [5.41, 5.74) is -0.651. The van der Waals surface area contributed by atoms with E-state index in [-0.39, 0.29) is 0 Å². The zero-order valence-electron chi connectivity index (χ0n) is 11.4. The molecular formula is C13H21ClN4O.